The van der Waals surface area contributed by atoms with Crippen molar-refractivity contribution in [1.29, 1.82) is 0 Å². The molecule has 1 saturated heterocycles. The number of carbonyl (C=O) groups is 2. The maximum Gasteiger partial charge on any atom is 0.302 e. The van der Waals surface area contributed by atoms with E-state index < -0.39 is 11.8 Å². The van der Waals surface area contributed by atoms with Crippen LogP contribution < -0.4 is 10.1 Å². The van der Waals surface area contributed by atoms with Crippen LogP contribution in [0.15, 0.2) is 12.1 Å². The van der Waals surface area contributed by atoms with Crippen molar-refractivity contribution in [3.05, 3.63) is 29.1 Å². The van der Waals surface area contributed by atoms with Crippen molar-refractivity contribution >= 4 is 11.8 Å². The number of Topliss-reactive ketones (excluding diaryl/α,β-unsaturated/α-hetero) is 1. The molecule has 2 atom stereocenters. The van der Waals surface area contributed by atoms with Gasteiger partial charge >= 0.3 is 5.97 Å². The first-order chi connectivity index (χ1) is 10.8. The van der Waals surface area contributed by atoms with Gasteiger partial charge in [-0.25, -0.2) is 4.39 Å². The van der Waals surface area contributed by atoms with Crippen LogP contribution in [0, 0.1) is 12.7 Å². The van der Waals surface area contributed by atoms with E-state index in [-0.39, 0.29) is 31.1 Å². The predicted molar refractivity (Wildman–Crippen MR) is 82.7 cm³/mol. The molecule has 1 aliphatic heterocycles. The number of ether oxygens (including phenoxy) is 2. The second kappa shape index (κ2) is 7.55. The van der Waals surface area contributed by atoms with E-state index in [1.54, 1.807) is 13.0 Å². The van der Waals surface area contributed by atoms with Gasteiger partial charge in [0.15, 0.2) is 0 Å². The maximum atomic E-state index is 14.0. The highest BCUT2D eigenvalue weighted by Gasteiger charge is 2.24. The summed E-state index contributed by atoms with van der Waals surface area (Å²) in [6, 6.07) is 3.02. The molecule has 1 heterocycles. The van der Waals surface area contributed by atoms with Crippen LogP contribution in [0.3, 0.4) is 0 Å². The molecular weight excluding hydrogens is 301 g/mol. The lowest BCUT2D eigenvalue weighted by atomic mass is 9.99. The first-order valence-corrected chi connectivity index (χ1v) is 7.68. The molecule has 6 heteroatoms. The highest BCUT2D eigenvalue weighted by molar-refractivity contribution is 5.80. The summed E-state index contributed by atoms with van der Waals surface area (Å²) in [5.41, 5.74) is 0.995. The zero-order chi connectivity index (χ0) is 17.0. The summed E-state index contributed by atoms with van der Waals surface area (Å²) in [6.45, 7) is 5.17. The van der Waals surface area contributed by atoms with Crippen molar-refractivity contribution in [3.8, 4) is 5.75 Å². The zero-order valence-corrected chi connectivity index (χ0v) is 13.6. The van der Waals surface area contributed by atoms with Crippen LogP contribution in [-0.4, -0.2) is 30.4 Å². The molecule has 0 aliphatic carbocycles. The number of nitrogens with one attached hydrogen (secondary N) is 1. The van der Waals surface area contributed by atoms with Crippen molar-refractivity contribution in [2.75, 3.05) is 6.61 Å². The molecule has 0 bridgehead atoms. The van der Waals surface area contributed by atoms with E-state index in [9.17, 15) is 14.0 Å². The number of carbonyl (C=O) groups excluding carboxylic acids is 2. The number of hydrogen-bond acceptors (Lipinski definition) is 5. The second-order valence-corrected chi connectivity index (χ2v) is 5.99. The van der Waals surface area contributed by atoms with Crippen LogP contribution in [0.25, 0.3) is 0 Å². The van der Waals surface area contributed by atoms with Crippen LogP contribution in [0.2, 0.25) is 0 Å². The average Bonchev–Trinajstić information content (AvgIpc) is 2.46. The van der Waals surface area contributed by atoms with Gasteiger partial charge in [0.2, 0.25) is 0 Å². The van der Waals surface area contributed by atoms with Crippen molar-refractivity contribution in [3.63, 3.8) is 0 Å². The molecule has 0 radical (unpaired) electrons. The maximum absolute atomic E-state index is 14.0. The molecule has 0 aromatic heterocycles. The van der Waals surface area contributed by atoms with Gasteiger partial charge in [-0.2, -0.15) is 0 Å². The lowest BCUT2D eigenvalue weighted by molar-refractivity contribution is -0.142. The number of piperidine rings is 1. The Bertz CT molecular complexity index is 603. The van der Waals surface area contributed by atoms with Gasteiger partial charge in [-0.05, 0) is 31.0 Å². The lowest BCUT2D eigenvalue weighted by Gasteiger charge is -2.27. The first-order valence-electron chi connectivity index (χ1n) is 7.68. The van der Waals surface area contributed by atoms with Gasteiger partial charge in [0, 0.05) is 37.9 Å². The first kappa shape index (κ1) is 17.4. The van der Waals surface area contributed by atoms with E-state index in [1.165, 1.54) is 13.0 Å². The standard InChI is InChI=1S/C17H22FNO4/c1-10-4-15(21)6-14(19-10)9-23-16-5-13(8-22-12(3)20)11(2)17(18)7-16/h5,7,10,14,19H,4,6,8-9H2,1-3H3/t10-,14-/m0/s1. The minimum Gasteiger partial charge on any atom is -0.492 e. The highest BCUT2D eigenvalue weighted by Crippen LogP contribution is 2.22. The fourth-order valence-corrected chi connectivity index (χ4v) is 2.64. The summed E-state index contributed by atoms with van der Waals surface area (Å²) in [5.74, 6) is -0.265. The van der Waals surface area contributed by atoms with E-state index in [4.69, 9.17) is 9.47 Å². The number of ketones is 1. The number of esters is 1. The van der Waals surface area contributed by atoms with Crippen LogP contribution in [-0.2, 0) is 20.9 Å². The van der Waals surface area contributed by atoms with Crippen molar-refractivity contribution in [2.24, 2.45) is 0 Å². The predicted octanol–water partition coefficient (Wildman–Crippen LogP) is 2.29. The third-order valence-electron chi connectivity index (χ3n) is 3.84. The summed E-state index contributed by atoms with van der Waals surface area (Å²) in [7, 11) is 0. The summed E-state index contributed by atoms with van der Waals surface area (Å²) in [5, 5.41) is 3.29. The Balaban J connectivity index is 2.02. The number of benzene rings is 1. The van der Waals surface area contributed by atoms with Gasteiger partial charge in [0.25, 0.3) is 0 Å². The van der Waals surface area contributed by atoms with Gasteiger partial charge in [-0.15, -0.1) is 0 Å². The van der Waals surface area contributed by atoms with Crippen molar-refractivity contribution < 1.29 is 23.5 Å². The molecule has 126 valence electrons. The number of halogens is 1. The monoisotopic (exact) mass is 323 g/mol. The Labute approximate surface area is 135 Å². The largest absolute Gasteiger partial charge is 0.492 e. The number of hydrogen-bond donors (Lipinski definition) is 1. The van der Waals surface area contributed by atoms with Gasteiger partial charge in [-0.1, -0.05) is 0 Å². The molecule has 0 unspecified atom stereocenters. The molecule has 1 aromatic rings. The quantitative estimate of drug-likeness (QED) is 0.842. The Morgan fingerprint density at radius 2 is 2.13 bits per heavy atom. The topological polar surface area (TPSA) is 64.6 Å². The molecule has 0 saturated carbocycles. The third-order valence-corrected chi connectivity index (χ3v) is 3.84. The number of rotatable bonds is 5. The normalized spacial score (nSPS) is 21.1. The molecule has 1 aromatic carbocycles. The fourth-order valence-electron chi connectivity index (χ4n) is 2.64. The van der Waals surface area contributed by atoms with Gasteiger partial charge in [-0.3, -0.25) is 9.59 Å². The Hall–Kier alpha value is -1.95. The molecule has 5 nitrogen and oxygen atoms in total. The Morgan fingerprint density at radius 1 is 1.39 bits per heavy atom. The molecule has 2 rings (SSSR count). The average molecular weight is 323 g/mol. The summed E-state index contributed by atoms with van der Waals surface area (Å²) >= 11 is 0. The molecule has 0 spiro atoms. The van der Waals surface area contributed by atoms with Crippen LogP contribution >= 0.6 is 0 Å². The van der Waals surface area contributed by atoms with E-state index in [0.29, 0.717) is 29.7 Å². The minimum atomic E-state index is -0.421. The molecular formula is C17H22FNO4. The lowest BCUT2D eigenvalue weighted by Crippen LogP contribution is -2.47. The molecule has 0 amide bonds. The minimum absolute atomic E-state index is 0.00643. The van der Waals surface area contributed by atoms with Crippen LogP contribution in [0.5, 0.6) is 5.75 Å². The summed E-state index contributed by atoms with van der Waals surface area (Å²) in [4.78, 5) is 22.5. The Kier molecular flexibility index (Phi) is 5.71. The van der Waals surface area contributed by atoms with Crippen LogP contribution in [0.4, 0.5) is 4.39 Å². The second-order valence-electron chi connectivity index (χ2n) is 5.99. The van der Waals surface area contributed by atoms with Crippen molar-refractivity contribution in [1.82, 2.24) is 5.32 Å². The molecule has 1 aliphatic rings. The molecule has 1 fully saturated rings. The SMILES string of the molecule is CC(=O)OCc1cc(OC[C@@H]2CC(=O)C[C@H](C)N2)cc(F)c1C. The van der Waals surface area contributed by atoms with Gasteiger partial charge in [0.05, 0.1) is 0 Å². The van der Waals surface area contributed by atoms with E-state index in [2.05, 4.69) is 5.32 Å². The van der Waals surface area contributed by atoms with Crippen LogP contribution in [0.1, 0.15) is 37.8 Å². The summed E-state index contributed by atoms with van der Waals surface area (Å²) < 4.78 is 24.5. The molecule has 1 N–H and O–H groups in total. The third kappa shape index (κ3) is 5.03. The van der Waals surface area contributed by atoms with Gasteiger partial charge in [0.1, 0.15) is 30.6 Å². The van der Waals surface area contributed by atoms with E-state index in [1.807, 2.05) is 6.92 Å². The zero-order valence-electron chi connectivity index (χ0n) is 13.6. The summed E-state index contributed by atoms with van der Waals surface area (Å²) in [6.07, 6.45) is 0.946. The fraction of sp³-hybridized carbons (Fsp3) is 0.529. The smallest absolute Gasteiger partial charge is 0.302 e. The Morgan fingerprint density at radius 3 is 2.78 bits per heavy atom. The van der Waals surface area contributed by atoms with Crippen molar-refractivity contribution in [2.45, 2.75) is 52.3 Å². The van der Waals surface area contributed by atoms with Gasteiger partial charge < -0.3 is 14.8 Å². The van der Waals surface area contributed by atoms with E-state index >= 15 is 0 Å². The molecule has 23 heavy (non-hydrogen) atoms. The highest BCUT2D eigenvalue weighted by atomic mass is 19.1. The van der Waals surface area contributed by atoms with E-state index in [0.717, 1.165) is 0 Å².